The fourth-order valence-electron chi connectivity index (χ4n) is 3.55. The van der Waals surface area contributed by atoms with Crippen LogP contribution in [0.1, 0.15) is 37.7 Å². The molecule has 21 heavy (non-hydrogen) atoms. The van der Waals surface area contributed by atoms with Crippen molar-refractivity contribution in [2.45, 2.75) is 50.7 Å². The largest absolute Gasteiger partial charge is 0.399 e. The average molecular weight is 288 g/mol. The van der Waals surface area contributed by atoms with Gasteiger partial charge in [-0.25, -0.2) is 0 Å². The number of nitrogens with two attached hydrogens (primary N) is 1. The molecule has 2 unspecified atom stereocenters. The number of nitrogens with zero attached hydrogens (tertiary/aromatic N) is 1. The second-order valence-corrected chi connectivity index (χ2v) is 6.05. The molecule has 1 saturated carbocycles. The van der Waals surface area contributed by atoms with Gasteiger partial charge in [-0.2, -0.15) is 0 Å². The highest BCUT2D eigenvalue weighted by Gasteiger charge is 2.36. The number of anilines is 1. The summed E-state index contributed by atoms with van der Waals surface area (Å²) >= 11 is 0. The number of rotatable bonds is 3. The zero-order valence-corrected chi connectivity index (χ0v) is 12.5. The maximum atomic E-state index is 12.6. The molecule has 2 atom stereocenters. The minimum absolute atomic E-state index is 0.249. The van der Waals surface area contributed by atoms with Crippen molar-refractivity contribution in [1.29, 1.82) is 0 Å². The van der Waals surface area contributed by atoms with Gasteiger partial charge in [-0.1, -0.05) is 31.0 Å². The summed E-state index contributed by atoms with van der Waals surface area (Å²) in [5.74, 6) is 0.249. The smallest absolute Gasteiger partial charge is 0.223 e. The van der Waals surface area contributed by atoms with Crippen LogP contribution >= 0.6 is 0 Å². The Morgan fingerprint density at radius 1 is 1.29 bits per heavy atom. The van der Waals surface area contributed by atoms with Crippen LogP contribution < -0.4 is 5.73 Å². The first kappa shape index (κ1) is 14.4. The van der Waals surface area contributed by atoms with Gasteiger partial charge >= 0.3 is 0 Å². The Bertz CT molecular complexity index is 501. The quantitative estimate of drug-likeness (QED) is 0.869. The molecule has 1 amide bonds. The molecule has 1 heterocycles. The number of para-hydroxylation sites is 1. The molecule has 2 fully saturated rings. The van der Waals surface area contributed by atoms with Gasteiger partial charge in [0.05, 0.1) is 18.8 Å². The molecule has 1 aliphatic carbocycles. The van der Waals surface area contributed by atoms with E-state index in [2.05, 4.69) is 4.90 Å². The molecule has 0 radical (unpaired) electrons. The van der Waals surface area contributed by atoms with Gasteiger partial charge in [-0.3, -0.25) is 4.79 Å². The van der Waals surface area contributed by atoms with Gasteiger partial charge in [0, 0.05) is 18.7 Å². The molecule has 1 aromatic rings. The van der Waals surface area contributed by atoms with Crippen LogP contribution in [-0.2, 0) is 16.0 Å². The van der Waals surface area contributed by atoms with Gasteiger partial charge < -0.3 is 15.4 Å². The summed E-state index contributed by atoms with van der Waals surface area (Å²) < 4.78 is 5.83. The van der Waals surface area contributed by atoms with Crippen molar-refractivity contribution < 1.29 is 9.53 Å². The third kappa shape index (κ3) is 3.21. The number of amides is 1. The van der Waals surface area contributed by atoms with E-state index >= 15 is 0 Å². The lowest BCUT2D eigenvalue weighted by Crippen LogP contribution is -2.54. The van der Waals surface area contributed by atoms with E-state index in [1.165, 1.54) is 12.8 Å². The Labute approximate surface area is 126 Å². The lowest BCUT2D eigenvalue weighted by molar-refractivity contribution is -0.149. The highest BCUT2D eigenvalue weighted by molar-refractivity contribution is 5.77. The van der Waals surface area contributed by atoms with Crippen LogP contribution in [0.2, 0.25) is 0 Å². The van der Waals surface area contributed by atoms with Crippen molar-refractivity contribution in [3.63, 3.8) is 0 Å². The summed E-state index contributed by atoms with van der Waals surface area (Å²) in [6.45, 7) is 1.42. The predicted octanol–water partition coefficient (Wildman–Crippen LogP) is 2.37. The van der Waals surface area contributed by atoms with E-state index in [0.29, 0.717) is 19.1 Å². The SMILES string of the molecule is Nc1ccccc1CCC(=O)N1CCOC2CCCCC21. The Morgan fingerprint density at radius 3 is 2.95 bits per heavy atom. The summed E-state index contributed by atoms with van der Waals surface area (Å²) in [6, 6.07) is 8.10. The van der Waals surface area contributed by atoms with Gasteiger partial charge in [0.2, 0.25) is 5.91 Å². The number of benzene rings is 1. The lowest BCUT2D eigenvalue weighted by atomic mass is 9.90. The van der Waals surface area contributed by atoms with Gasteiger partial charge in [0.25, 0.3) is 0 Å². The van der Waals surface area contributed by atoms with E-state index in [9.17, 15) is 4.79 Å². The topological polar surface area (TPSA) is 55.6 Å². The molecule has 1 aliphatic heterocycles. The molecular weight excluding hydrogens is 264 g/mol. The van der Waals surface area contributed by atoms with Crippen LogP contribution in [0.5, 0.6) is 0 Å². The molecule has 0 aromatic heterocycles. The number of carbonyl (C=O) groups is 1. The number of hydrogen-bond donors (Lipinski definition) is 1. The van der Waals surface area contributed by atoms with Crippen molar-refractivity contribution in [2.75, 3.05) is 18.9 Å². The van der Waals surface area contributed by atoms with E-state index in [4.69, 9.17) is 10.5 Å². The second-order valence-electron chi connectivity index (χ2n) is 6.05. The predicted molar refractivity (Wildman–Crippen MR) is 82.9 cm³/mol. The Balaban J connectivity index is 1.60. The number of fused-ring (bicyclic) bond motifs is 1. The fraction of sp³-hybridized carbons (Fsp3) is 0.588. The van der Waals surface area contributed by atoms with Gasteiger partial charge in [0.15, 0.2) is 0 Å². The molecule has 1 saturated heterocycles. The summed E-state index contributed by atoms with van der Waals surface area (Å²) in [6.07, 6.45) is 6.14. The van der Waals surface area contributed by atoms with Crippen LogP contribution in [0.4, 0.5) is 5.69 Å². The molecule has 114 valence electrons. The normalized spacial score (nSPS) is 25.4. The summed E-state index contributed by atoms with van der Waals surface area (Å²) in [5, 5.41) is 0. The maximum absolute atomic E-state index is 12.6. The van der Waals surface area contributed by atoms with Gasteiger partial charge in [0.1, 0.15) is 0 Å². The lowest BCUT2D eigenvalue weighted by Gasteiger charge is -2.43. The van der Waals surface area contributed by atoms with Crippen LogP contribution in [0.15, 0.2) is 24.3 Å². The molecule has 3 rings (SSSR count). The molecular formula is C17H24N2O2. The molecule has 0 spiro atoms. The molecule has 2 N–H and O–H groups in total. The van der Waals surface area contributed by atoms with Gasteiger partial charge in [-0.15, -0.1) is 0 Å². The van der Waals surface area contributed by atoms with Crippen LogP contribution in [-0.4, -0.2) is 36.1 Å². The molecule has 2 aliphatic rings. The third-order valence-electron chi connectivity index (χ3n) is 4.72. The zero-order valence-electron chi connectivity index (χ0n) is 12.5. The van der Waals surface area contributed by atoms with Crippen molar-refractivity contribution >= 4 is 11.6 Å². The van der Waals surface area contributed by atoms with Crippen LogP contribution in [0.3, 0.4) is 0 Å². The van der Waals surface area contributed by atoms with Crippen molar-refractivity contribution in [1.82, 2.24) is 4.90 Å². The van der Waals surface area contributed by atoms with E-state index in [0.717, 1.165) is 37.1 Å². The Hall–Kier alpha value is -1.55. The van der Waals surface area contributed by atoms with E-state index in [-0.39, 0.29) is 12.0 Å². The Kier molecular flexibility index (Phi) is 4.44. The molecule has 4 nitrogen and oxygen atoms in total. The minimum Gasteiger partial charge on any atom is -0.399 e. The number of morpholine rings is 1. The molecule has 0 bridgehead atoms. The van der Waals surface area contributed by atoms with E-state index in [1.807, 2.05) is 24.3 Å². The van der Waals surface area contributed by atoms with Crippen molar-refractivity contribution in [3.8, 4) is 0 Å². The summed E-state index contributed by atoms with van der Waals surface area (Å²) in [7, 11) is 0. The van der Waals surface area contributed by atoms with Crippen LogP contribution in [0.25, 0.3) is 0 Å². The minimum atomic E-state index is 0.249. The second kappa shape index (κ2) is 6.48. The molecule has 1 aromatic carbocycles. The van der Waals surface area contributed by atoms with Crippen LogP contribution in [0, 0.1) is 0 Å². The first-order valence-corrected chi connectivity index (χ1v) is 8.00. The number of carbonyl (C=O) groups excluding carboxylic acids is 1. The fourth-order valence-corrected chi connectivity index (χ4v) is 3.55. The number of ether oxygens (including phenoxy) is 1. The van der Waals surface area contributed by atoms with E-state index < -0.39 is 0 Å². The molecule has 4 heteroatoms. The Morgan fingerprint density at radius 2 is 2.10 bits per heavy atom. The number of nitrogen functional groups attached to an aromatic ring is 1. The van der Waals surface area contributed by atoms with Gasteiger partial charge in [-0.05, 0) is 30.9 Å². The zero-order chi connectivity index (χ0) is 14.7. The summed E-state index contributed by atoms with van der Waals surface area (Å²) in [4.78, 5) is 14.6. The highest BCUT2D eigenvalue weighted by atomic mass is 16.5. The van der Waals surface area contributed by atoms with E-state index in [1.54, 1.807) is 0 Å². The number of aryl methyl sites for hydroxylation is 1. The standard InChI is InChI=1S/C17H24N2O2/c18-14-6-2-1-5-13(14)9-10-17(20)19-11-12-21-16-8-4-3-7-15(16)19/h1-2,5-6,15-16H,3-4,7-12,18H2. The van der Waals surface area contributed by atoms with Crippen molar-refractivity contribution in [2.24, 2.45) is 0 Å². The number of hydrogen-bond acceptors (Lipinski definition) is 3. The monoisotopic (exact) mass is 288 g/mol. The highest BCUT2D eigenvalue weighted by Crippen LogP contribution is 2.29. The van der Waals surface area contributed by atoms with Crippen molar-refractivity contribution in [3.05, 3.63) is 29.8 Å². The summed E-state index contributed by atoms with van der Waals surface area (Å²) in [5.41, 5.74) is 7.80. The first-order valence-electron chi connectivity index (χ1n) is 8.00. The maximum Gasteiger partial charge on any atom is 0.223 e. The first-order chi connectivity index (χ1) is 10.3. The average Bonchev–Trinajstić information content (AvgIpc) is 2.53. The third-order valence-corrected chi connectivity index (χ3v) is 4.72.